The summed E-state index contributed by atoms with van der Waals surface area (Å²) in [7, 11) is 5.76. The molecule has 1 aliphatic rings. The minimum Gasteiger partial charge on any atom is -0.491 e. The van der Waals surface area contributed by atoms with Gasteiger partial charge in [0, 0.05) is 20.1 Å². The molecule has 8 heteroatoms. The van der Waals surface area contributed by atoms with Crippen LogP contribution in [0.15, 0.2) is 28.8 Å². The average Bonchev–Trinajstić information content (AvgIpc) is 3.07. The number of hydrogen-bond donors (Lipinski definition) is 1. The van der Waals surface area contributed by atoms with Gasteiger partial charge in [0.2, 0.25) is 17.6 Å². The number of carbonyl (C=O) groups is 1. The maximum Gasteiger partial charge on any atom is 0.245 e. The molecular formula is C17H23N5O3. The normalized spacial score (nSPS) is 18.0. The number of likely N-dealkylation sites (N-methyl/N-ethyl adjacent to an activating group) is 2. The quantitative estimate of drug-likeness (QED) is 0.828. The fourth-order valence-corrected chi connectivity index (χ4v) is 2.55. The Labute approximate surface area is 146 Å². The van der Waals surface area contributed by atoms with Crippen LogP contribution in [-0.4, -0.2) is 73.2 Å². The van der Waals surface area contributed by atoms with E-state index in [-0.39, 0.29) is 18.5 Å². The molecule has 0 spiro atoms. The van der Waals surface area contributed by atoms with Gasteiger partial charge in [0.05, 0.1) is 12.1 Å². The number of hydrogen-bond acceptors (Lipinski definition) is 7. The summed E-state index contributed by atoms with van der Waals surface area (Å²) in [4.78, 5) is 19.8. The summed E-state index contributed by atoms with van der Waals surface area (Å²) in [5.74, 6) is 1.73. The van der Waals surface area contributed by atoms with Crippen LogP contribution in [0.3, 0.4) is 0 Å². The average molecular weight is 345 g/mol. The van der Waals surface area contributed by atoms with Gasteiger partial charge < -0.3 is 19.1 Å². The fraction of sp³-hybridized carbons (Fsp3) is 0.471. The van der Waals surface area contributed by atoms with E-state index in [2.05, 4.69) is 20.4 Å². The zero-order chi connectivity index (χ0) is 17.8. The Morgan fingerprint density at radius 3 is 2.96 bits per heavy atom. The van der Waals surface area contributed by atoms with Gasteiger partial charge in [-0.3, -0.25) is 10.1 Å². The van der Waals surface area contributed by atoms with Crippen LogP contribution in [0.5, 0.6) is 5.75 Å². The molecule has 1 aliphatic heterocycles. The van der Waals surface area contributed by atoms with E-state index in [4.69, 9.17) is 9.26 Å². The predicted molar refractivity (Wildman–Crippen MR) is 92.2 cm³/mol. The minimum absolute atomic E-state index is 0.0515. The van der Waals surface area contributed by atoms with Crippen LogP contribution in [0.1, 0.15) is 11.9 Å². The van der Waals surface area contributed by atoms with Crippen LogP contribution in [0.25, 0.3) is 11.4 Å². The molecular weight excluding hydrogens is 322 g/mol. The second kappa shape index (κ2) is 7.62. The van der Waals surface area contributed by atoms with Gasteiger partial charge in [0.15, 0.2) is 0 Å². The van der Waals surface area contributed by atoms with Crippen molar-refractivity contribution in [3.63, 3.8) is 0 Å². The maximum atomic E-state index is 11.6. The van der Waals surface area contributed by atoms with Gasteiger partial charge in [-0.2, -0.15) is 4.98 Å². The lowest BCUT2D eigenvalue weighted by molar-refractivity contribution is -0.131. The van der Waals surface area contributed by atoms with Crippen LogP contribution in [0.2, 0.25) is 0 Å². The number of carbonyl (C=O) groups excluding carboxylic acids is 1. The monoisotopic (exact) mass is 345 g/mol. The number of para-hydroxylation sites is 1. The Balaban J connectivity index is 1.75. The third-order valence-corrected chi connectivity index (χ3v) is 4.05. The molecule has 0 bridgehead atoms. The van der Waals surface area contributed by atoms with Crippen LogP contribution in [-0.2, 0) is 4.79 Å². The van der Waals surface area contributed by atoms with E-state index >= 15 is 0 Å². The molecule has 3 rings (SSSR count). The number of piperazine rings is 1. The maximum absolute atomic E-state index is 11.6. The van der Waals surface area contributed by atoms with Gasteiger partial charge in [-0.25, -0.2) is 0 Å². The van der Waals surface area contributed by atoms with E-state index in [0.717, 1.165) is 17.9 Å². The van der Waals surface area contributed by atoms with Crippen LogP contribution in [0, 0.1) is 0 Å². The Morgan fingerprint density at radius 1 is 1.40 bits per heavy atom. The van der Waals surface area contributed by atoms with Crippen LogP contribution >= 0.6 is 0 Å². The van der Waals surface area contributed by atoms with Crippen molar-refractivity contribution < 1.29 is 14.1 Å². The lowest BCUT2D eigenvalue weighted by Gasteiger charge is -2.28. The first kappa shape index (κ1) is 17.4. The lowest BCUT2D eigenvalue weighted by Crippen LogP contribution is -2.47. The van der Waals surface area contributed by atoms with Gasteiger partial charge >= 0.3 is 0 Å². The van der Waals surface area contributed by atoms with Gasteiger partial charge in [-0.15, -0.1) is 0 Å². The number of nitrogens with zero attached hydrogens (tertiary/aromatic N) is 4. The molecule has 2 heterocycles. The van der Waals surface area contributed by atoms with Crippen molar-refractivity contribution in [1.82, 2.24) is 25.3 Å². The highest BCUT2D eigenvalue weighted by molar-refractivity contribution is 5.78. The molecule has 1 fully saturated rings. The Morgan fingerprint density at radius 2 is 2.20 bits per heavy atom. The first-order valence-electron chi connectivity index (χ1n) is 8.22. The molecule has 0 aliphatic carbocycles. The third kappa shape index (κ3) is 4.15. The van der Waals surface area contributed by atoms with Crippen molar-refractivity contribution in [3.8, 4) is 17.1 Å². The Hall–Kier alpha value is -2.45. The van der Waals surface area contributed by atoms with E-state index in [0.29, 0.717) is 24.9 Å². The molecule has 8 nitrogen and oxygen atoms in total. The number of benzene rings is 1. The highest BCUT2D eigenvalue weighted by atomic mass is 16.5. The van der Waals surface area contributed by atoms with Crippen molar-refractivity contribution in [2.45, 2.75) is 6.04 Å². The number of nitrogens with one attached hydrogen (secondary N) is 1. The summed E-state index contributed by atoms with van der Waals surface area (Å²) in [5.41, 5.74) is 0.788. The van der Waals surface area contributed by atoms with Gasteiger partial charge in [-0.1, -0.05) is 17.3 Å². The molecule has 1 atom stereocenters. The molecule has 1 amide bonds. The largest absolute Gasteiger partial charge is 0.491 e. The minimum atomic E-state index is -0.161. The van der Waals surface area contributed by atoms with E-state index in [1.165, 1.54) is 0 Å². The molecule has 2 aromatic rings. The summed E-state index contributed by atoms with van der Waals surface area (Å²) < 4.78 is 11.3. The molecule has 1 aromatic carbocycles. The Kier molecular flexibility index (Phi) is 5.30. The van der Waals surface area contributed by atoms with Crippen molar-refractivity contribution in [2.24, 2.45) is 0 Å². The molecule has 0 saturated carbocycles. The zero-order valence-electron chi connectivity index (χ0n) is 14.7. The van der Waals surface area contributed by atoms with Gasteiger partial charge in [0.25, 0.3) is 0 Å². The fourth-order valence-electron chi connectivity index (χ4n) is 2.55. The number of amides is 1. The zero-order valence-corrected chi connectivity index (χ0v) is 14.7. The molecule has 1 unspecified atom stereocenters. The van der Waals surface area contributed by atoms with Crippen LogP contribution in [0.4, 0.5) is 0 Å². The SMILES string of the molecule is CN(C)CCOc1ccccc1-c1noc(C2CN(C)C(=O)CN2)n1. The predicted octanol–water partition coefficient (Wildman–Crippen LogP) is 0.780. The molecule has 1 aromatic heterocycles. The number of ether oxygens (including phenoxy) is 1. The van der Waals surface area contributed by atoms with E-state index in [9.17, 15) is 4.79 Å². The smallest absolute Gasteiger partial charge is 0.245 e. The standard InChI is InChI=1S/C17H23N5O3/c1-21(2)8-9-24-14-7-5-4-6-12(14)16-19-17(25-20-16)13-11-22(3)15(23)10-18-13/h4-7,13,18H,8-11H2,1-3H3. The number of aromatic nitrogens is 2. The van der Waals surface area contributed by atoms with Crippen molar-refractivity contribution in [2.75, 3.05) is 47.4 Å². The van der Waals surface area contributed by atoms with Crippen molar-refractivity contribution >= 4 is 5.91 Å². The lowest BCUT2D eigenvalue weighted by atomic mass is 10.2. The second-order valence-electron chi connectivity index (χ2n) is 6.31. The van der Waals surface area contributed by atoms with E-state index in [1.807, 2.05) is 38.4 Å². The van der Waals surface area contributed by atoms with Gasteiger partial charge in [-0.05, 0) is 26.2 Å². The topological polar surface area (TPSA) is 83.7 Å². The Bertz CT molecular complexity index is 731. The van der Waals surface area contributed by atoms with Crippen LogP contribution < -0.4 is 10.1 Å². The second-order valence-corrected chi connectivity index (χ2v) is 6.31. The molecule has 134 valence electrons. The molecule has 1 N–H and O–H groups in total. The first-order valence-corrected chi connectivity index (χ1v) is 8.22. The number of rotatable bonds is 6. The molecule has 0 radical (unpaired) electrons. The molecule has 25 heavy (non-hydrogen) atoms. The summed E-state index contributed by atoms with van der Waals surface area (Å²) in [6, 6.07) is 7.47. The highest BCUT2D eigenvalue weighted by Crippen LogP contribution is 2.28. The first-order chi connectivity index (χ1) is 12.0. The highest BCUT2D eigenvalue weighted by Gasteiger charge is 2.28. The van der Waals surface area contributed by atoms with Crippen molar-refractivity contribution in [1.29, 1.82) is 0 Å². The van der Waals surface area contributed by atoms with E-state index < -0.39 is 0 Å². The summed E-state index contributed by atoms with van der Waals surface area (Å²) >= 11 is 0. The summed E-state index contributed by atoms with van der Waals surface area (Å²) in [6.07, 6.45) is 0. The van der Waals surface area contributed by atoms with E-state index in [1.54, 1.807) is 11.9 Å². The summed E-state index contributed by atoms with van der Waals surface area (Å²) in [6.45, 7) is 2.16. The van der Waals surface area contributed by atoms with Crippen molar-refractivity contribution in [3.05, 3.63) is 30.2 Å². The van der Waals surface area contributed by atoms with Gasteiger partial charge in [0.1, 0.15) is 18.4 Å². The third-order valence-electron chi connectivity index (χ3n) is 4.05. The molecule has 1 saturated heterocycles. The summed E-state index contributed by atoms with van der Waals surface area (Å²) in [5, 5.41) is 7.21.